The smallest absolute Gasteiger partial charge is 0.414 e. The van der Waals surface area contributed by atoms with E-state index >= 15 is 0 Å². The minimum absolute atomic E-state index is 0.240. The Labute approximate surface area is 130 Å². The lowest BCUT2D eigenvalue weighted by Crippen LogP contribution is -2.43. The summed E-state index contributed by atoms with van der Waals surface area (Å²) in [6.45, 7) is 5.08. The maximum Gasteiger partial charge on any atom is 0.414 e. The Kier molecular flexibility index (Phi) is 6.89. The monoisotopic (exact) mass is 331 g/mol. The van der Waals surface area contributed by atoms with Gasteiger partial charge in [0.15, 0.2) is 0 Å². The van der Waals surface area contributed by atoms with E-state index in [1.165, 1.54) is 11.3 Å². The fourth-order valence-corrected chi connectivity index (χ4v) is 2.64. The highest BCUT2D eigenvalue weighted by molar-refractivity contribution is 7.15. The number of likely N-dealkylation sites (N-methyl/N-ethyl adjacent to an activating group) is 1. The van der Waals surface area contributed by atoms with Gasteiger partial charge in [-0.25, -0.2) is 9.59 Å². The van der Waals surface area contributed by atoms with Crippen molar-refractivity contribution in [2.45, 2.75) is 6.54 Å². The Morgan fingerprint density at radius 1 is 1.23 bits per heavy atom. The lowest BCUT2D eigenvalue weighted by Gasteiger charge is -2.31. The number of hydrogen-bond acceptors (Lipinski definition) is 7. The van der Waals surface area contributed by atoms with Crippen molar-refractivity contribution in [1.29, 1.82) is 0 Å². The van der Waals surface area contributed by atoms with Crippen LogP contribution in [0.5, 0.6) is 0 Å². The minimum atomic E-state index is -1.82. The molecule has 0 bridgehead atoms. The molecule has 1 saturated heterocycles. The van der Waals surface area contributed by atoms with Gasteiger partial charge in [-0.3, -0.25) is 15.0 Å². The van der Waals surface area contributed by atoms with Gasteiger partial charge >= 0.3 is 16.9 Å². The zero-order valence-electron chi connectivity index (χ0n) is 12.0. The summed E-state index contributed by atoms with van der Waals surface area (Å²) in [5.41, 5.74) is 0. The van der Waals surface area contributed by atoms with Gasteiger partial charge in [0.1, 0.15) is 0 Å². The minimum Gasteiger partial charge on any atom is -0.473 e. The molecule has 10 heteroatoms. The third kappa shape index (κ3) is 6.16. The fraction of sp³-hybridized carbons (Fsp3) is 0.500. The van der Waals surface area contributed by atoms with E-state index in [-0.39, 0.29) is 9.92 Å². The van der Waals surface area contributed by atoms with Crippen LogP contribution in [0, 0.1) is 10.1 Å². The van der Waals surface area contributed by atoms with Crippen LogP contribution in [0.15, 0.2) is 12.1 Å². The van der Waals surface area contributed by atoms with Crippen molar-refractivity contribution < 1.29 is 24.7 Å². The van der Waals surface area contributed by atoms with Crippen molar-refractivity contribution in [2.75, 3.05) is 33.2 Å². The predicted molar refractivity (Wildman–Crippen MR) is 79.0 cm³/mol. The molecule has 0 atom stereocenters. The second-order valence-electron chi connectivity index (χ2n) is 4.69. The predicted octanol–water partition coefficient (Wildman–Crippen LogP) is 0.559. The lowest BCUT2D eigenvalue weighted by molar-refractivity contribution is -0.380. The molecule has 0 amide bonds. The van der Waals surface area contributed by atoms with Gasteiger partial charge in [0.05, 0.1) is 4.92 Å². The highest BCUT2D eigenvalue weighted by Gasteiger charge is 2.16. The van der Waals surface area contributed by atoms with Crippen molar-refractivity contribution in [2.24, 2.45) is 0 Å². The van der Waals surface area contributed by atoms with Crippen molar-refractivity contribution in [3.05, 3.63) is 27.1 Å². The Morgan fingerprint density at radius 3 is 2.18 bits per heavy atom. The van der Waals surface area contributed by atoms with Gasteiger partial charge in [-0.1, -0.05) is 11.3 Å². The first kappa shape index (κ1) is 18.0. The summed E-state index contributed by atoms with van der Waals surface area (Å²) in [7, 11) is 2.12. The largest absolute Gasteiger partial charge is 0.473 e. The number of piperazine rings is 1. The summed E-state index contributed by atoms with van der Waals surface area (Å²) in [6, 6.07) is 3.46. The second-order valence-corrected chi connectivity index (χ2v) is 5.83. The average Bonchev–Trinajstić information content (AvgIpc) is 2.91. The third-order valence-corrected chi connectivity index (χ3v) is 4.01. The molecule has 0 aromatic carbocycles. The molecule has 2 rings (SSSR count). The number of nitrogens with zero attached hydrogens (tertiary/aromatic N) is 3. The molecule has 2 heterocycles. The number of hydrogen-bond donors (Lipinski definition) is 2. The molecule has 0 spiro atoms. The van der Waals surface area contributed by atoms with Gasteiger partial charge in [-0.05, 0) is 13.1 Å². The molecule has 0 unspecified atom stereocenters. The molecule has 0 radical (unpaired) electrons. The summed E-state index contributed by atoms with van der Waals surface area (Å²) in [5.74, 6) is -3.65. The van der Waals surface area contributed by atoms with Crippen LogP contribution in [0.4, 0.5) is 5.00 Å². The van der Waals surface area contributed by atoms with Gasteiger partial charge < -0.3 is 15.1 Å². The van der Waals surface area contributed by atoms with Crippen LogP contribution in [0.25, 0.3) is 0 Å². The first-order valence-electron chi connectivity index (χ1n) is 6.40. The molecule has 0 aliphatic carbocycles. The van der Waals surface area contributed by atoms with Gasteiger partial charge in [0.25, 0.3) is 0 Å². The molecule has 1 aromatic rings. The molecule has 1 aliphatic heterocycles. The molecular weight excluding hydrogens is 314 g/mol. The van der Waals surface area contributed by atoms with E-state index < -0.39 is 11.9 Å². The second kappa shape index (κ2) is 8.41. The maximum absolute atomic E-state index is 10.5. The van der Waals surface area contributed by atoms with Gasteiger partial charge in [-0.2, -0.15) is 0 Å². The Balaban J connectivity index is 0.000000346. The standard InChI is InChI=1S/C10H15N3O2S.C2H2O4/c1-11-4-6-12(7-5-11)8-9-2-3-10(16-9)13(14)15;3-1(4)2(5)6/h2-3H,4-8H2,1H3;(H,3,4)(H,5,6). The van der Waals surface area contributed by atoms with Crippen LogP contribution in [-0.2, 0) is 16.1 Å². The summed E-state index contributed by atoms with van der Waals surface area (Å²) in [4.78, 5) is 34.1. The zero-order chi connectivity index (χ0) is 16.7. The topological polar surface area (TPSA) is 124 Å². The number of carbonyl (C=O) groups is 2. The number of nitro groups is 1. The lowest BCUT2D eigenvalue weighted by atomic mass is 10.3. The molecule has 122 valence electrons. The normalized spacial score (nSPS) is 15.7. The van der Waals surface area contributed by atoms with Crippen molar-refractivity contribution in [3.8, 4) is 0 Å². The van der Waals surface area contributed by atoms with Crippen LogP contribution in [0.2, 0.25) is 0 Å². The van der Waals surface area contributed by atoms with Gasteiger partial charge in [-0.15, -0.1) is 0 Å². The van der Waals surface area contributed by atoms with Crippen molar-refractivity contribution in [3.63, 3.8) is 0 Å². The van der Waals surface area contributed by atoms with E-state index in [0.717, 1.165) is 37.6 Å². The maximum atomic E-state index is 10.5. The van der Waals surface area contributed by atoms with E-state index in [0.29, 0.717) is 0 Å². The summed E-state index contributed by atoms with van der Waals surface area (Å²) < 4.78 is 0. The average molecular weight is 331 g/mol. The molecule has 1 aromatic heterocycles. The third-order valence-electron chi connectivity index (χ3n) is 2.99. The molecule has 1 fully saturated rings. The molecule has 0 saturated carbocycles. The van der Waals surface area contributed by atoms with Crippen LogP contribution < -0.4 is 0 Å². The number of carboxylic acid groups (broad SMARTS) is 2. The van der Waals surface area contributed by atoms with Crippen molar-refractivity contribution in [1.82, 2.24) is 9.80 Å². The Hall–Kier alpha value is -2.04. The number of rotatable bonds is 3. The Bertz CT molecular complexity index is 527. The van der Waals surface area contributed by atoms with Crippen LogP contribution >= 0.6 is 11.3 Å². The SMILES string of the molecule is CN1CCN(Cc2ccc([N+](=O)[O-])s2)CC1.O=C(O)C(=O)O. The van der Waals surface area contributed by atoms with E-state index in [2.05, 4.69) is 16.8 Å². The van der Waals surface area contributed by atoms with E-state index in [4.69, 9.17) is 19.8 Å². The highest BCUT2D eigenvalue weighted by atomic mass is 32.1. The molecule has 22 heavy (non-hydrogen) atoms. The number of carboxylic acids is 2. The van der Waals surface area contributed by atoms with E-state index in [1.54, 1.807) is 6.07 Å². The number of aliphatic carboxylic acids is 2. The Morgan fingerprint density at radius 2 is 1.77 bits per heavy atom. The molecule has 1 aliphatic rings. The van der Waals surface area contributed by atoms with Crippen LogP contribution in [-0.4, -0.2) is 70.1 Å². The summed E-state index contributed by atoms with van der Waals surface area (Å²) >= 11 is 1.28. The molecular formula is C12H17N3O6S. The molecule has 2 N–H and O–H groups in total. The summed E-state index contributed by atoms with van der Waals surface area (Å²) in [6.07, 6.45) is 0. The number of thiophene rings is 1. The first-order valence-corrected chi connectivity index (χ1v) is 7.21. The quantitative estimate of drug-likeness (QED) is 0.468. The van der Waals surface area contributed by atoms with E-state index in [1.807, 2.05) is 6.07 Å². The van der Waals surface area contributed by atoms with Gasteiger partial charge in [0, 0.05) is 43.7 Å². The summed E-state index contributed by atoms with van der Waals surface area (Å²) in [5, 5.41) is 25.6. The highest BCUT2D eigenvalue weighted by Crippen LogP contribution is 2.25. The van der Waals surface area contributed by atoms with E-state index in [9.17, 15) is 10.1 Å². The van der Waals surface area contributed by atoms with Crippen LogP contribution in [0.1, 0.15) is 4.88 Å². The van der Waals surface area contributed by atoms with Crippen LogP contribution in [0.3, 0.4) is 0 Å². The van der Waals surface area contributed by atoms with Crippen molar-refractivity contribution >= 4 is 28.3 Å². The molecule has 9 nitrogen and oxygen atoms in total. The fourth-order valence-electron chi connectivity index (χ4n) is 1.78. The first-order chi connectivity index (χ1) is 10.3. The van der Waals surface area contributed by atoms with Gasteiger partial charge in [0.2, 0.25) is 0 Å². The zero-order valence-corrected chi connectivity index (χ0v) is 12.8.